The Hall–Kier alpha value is 0.440. The van der Waals surface area contributed by atoms with E-state index in [1.807, 2.05) is 0 Å². The molecule has 1 aliphatic heterocycles. The highest BCUT2D eigenvalue weighted by atomic mass is 79.9. The second-order valence-corrected chi connectivity index (χ2v) is 8.09. The van der Waals surface area contributed by atoms with Crippen molar-refractivity contribution in [3.05, 3.63) is 0 Å². The third-order valence-corrected chi connectivity index (χ3v) is 5.20. The largest absolute Gasteiger partial charge is 0.369 e. The fraction of sp³-hybridized carbons (Fsp3) is 1.00. The van der Waals surface area contributed by atoms with Crippen molar-refractivity contribution in [1.82, 2.24) is 0 Å². The third kappa shape index (κ3) is 2.64. The van der Waals surface area contributed by atoms with E-state index < -0.39 is 0 Å². The smallest absolute Gasteiger partial charge is 0.0665 e. The maximum Gasteiger partial charge on any atom is 0.0665 e. The van der Waals surface area contributed by atoms with Crippen molar-refractivity contribution >= 4 is 15.9 Å². The van der Waals surface area contributed by atoms with Gasteiger partial charge in [0.25, 0.3) is 0 Å². The van der Waals surface area contributed by atoms with Crippen molar-refractivity contribution in [2.24, 2.45) is 11.8 Å². The summed E-state index contributed by atoms with van der Waals surface area (Å²) < 4.78 is 6.22. The van der Waals surface area contributed by atoms with Gasteiger partial charge in [0.2, 0.25) is 0 Å². The molecule has 1 nitrogen and oxygen atoms in total. The zero-order chi connectivity index (χ0) is 12.0. The Morgan fingerprint density at radius 3 is 2.31 bits per heavy atom. The van der Waals surface area contributed by atoms with Crippen LogP contribution in [0.3, 0.4) is 0 Å². The van der Waals surface area contributed by atoms with Gasteiger partial charge in [0.05, 0.1) is 11.2 Å². The lowest BCUT2D eigenvalue weighted by Crippen LogP contribution is -2.35. The van der Waals surface area contributed by atoms with Crippen LogP contribution in [-0.2, 0) is 4.74 Å². The molecule has 1 saturated heterocycles. The lowest BCUT2D eigenvalue weighted by atomic mass is 9.71. The average molecular weight is 289 g/mol. The van der Waals surface area contributed by atoms with Gasteiger partial charge in [-0.2, -0.15) is 0 Å². The zero-order valence-electron chi connectivity index (χ0n) is 11.1. The fourth-order valence-electron chi connectivity index (χ4n) is 3.87. The van der Waals surface area contributed by atoms with Crippen LogP contribution in [0.1, 0.15) is 59.8 Å². The molecule has 0 spiro atoms. The first-order valence-electron chi connectivity index (χ1n) is 6.64. The second-order valence-electron chi connectivity index (χ2n) is 6.80. The van der Waals surface area contributed by atoms with E-state index in [0.29, 0.717) is 0 Å². The number of hydrogen-bond acceptors (Lipinski definition) is 1. The maximum atomic E-state index is 6.22. The Labute approximate surface area is 108 Å². The topological polar surface area (TPSA) is 9.23 Å². The molecule has 2 rings (SSSR count). The summed E-state index contributed by atoms with van der Waals surface area (Å²) in [6, 6.07) is 0. The Morgan fingerprint density at radius 2 is 1.81 bits per heavy atom. The minimum Gasteiger partial charge on any atom is -0.369 e. The SMILES string of the molecule is CC1(C)CC(C2CCCC(Br)C2)C(C)(C)O1. The van der Waals surface area contributed by atoms with Crippen LogP contribution in [0.15, 0.2) is 0 Å². The lowest BCUT2D eigenvalue weighted by Gasteiger charge is -2.36. The van der Waals surface area contributed by atoms with E-state index in [1.165, 1.54) is 32.1 Å². The van der Waals surface area contributed by atoms with Crippen LogP contribution < -0.4 is 0 Å². The van der Waals surface area contributed by atoms with Gasteiger partial charge in [0.1, 0.15) is 0 Å². The number of alkyl halides is 1. The molecule has 2 aliphatic rings. The first-order valence-corrected chi connectivity index (χ1v) is 7.56. The molecule has 1 heterocycles. The number of hydrogen-bond donors (Lipinski definition) is 0. The summed E-state index contributed by atoms with van der Waals surface area (Å²) in [7, 11) is 0. The maximum absolute atomic E-state index is 6.22. The van der Waals surface area contributed by atoms with Gasteiger partial charge < -0.3 is 4.74 Å². The number of ether oxygens (including phenoxy) is 1. The summed E-state index contributed by atoms with van der Waals surface area (Å²) in [5, 5.41) is 0. The van der Waals surface area contributed by atoms with E-state index >= 15 is 0 Å². The van der Waals surface area contributed by atoms with Crippen LogP contribution in [0.25, 0.3) is 0 Å². The Balaban J connectivity index is 2.08. The summed E-state index contributed by atoms with van der Waals surface area (Å²) in [6.45, 7) is 9.04. The molecule has 94 valence electrons. The van der Waals surface area contributed by atoms with Crippen molar-refractivity contribution < 1.29 is 4.74 Å². The van der Waals surface area contributed by atoms with Gasteiger partial charge in [-0.3, -0.25) is 0 Å². The van der Waals surface area contributed by atoms with E-state index in [4.69, 9.17) is 4.74 Å². The third-order valence-electron chi connectivity index (χ3n) is 4.36. The molecule has 0 aromatic carbocycles. The molecule has 0 amide bonds. The molecule has 0 aromatic heterocycles. The van der Waals surface area contributed by atoms with Gasteiger partial charge in [0, 0.05) is 4.83 Å². The predicted octanol–water partition coefficient (Wildman–Crippen LogP) is 4.53. The van der Waals surface area contributed by atoms with Crippen LogP contribution in [0.2, 0.25) is 0 Å². The first-order chi connectivity index (χ1) is 7.30. The molecular formula is C14H25BrO. The molecular weight excluding hydrogens is 264 g/mol. The van der Waals surface area contributed by atoms with Crippen molar-refractivity contribution in [1.29, 1.82) is 0 Å². The van der Waals surface area contributed by atoms with E-state index in [0.717, 1.165) is 16.7 Å². The Bertz CT molecular complexity index is 259. The number of halogens is 1. The van der Waals surface area contributed by atoms with Crippen LogP contribution in [0.4, 0.5) is 0 Å². The van der Waals surface area contributed by atoms with E-state index in [-0.39, 0.29) is 11.2 Å². The van der Waals surface area contributed by atoms with Crippen LogP contribution in [0.5, 0.6) is 0 Å². The average Bonchev–Trinajstić information content (AvgIpc) is 2.34. The summed E-state index contributed by atoms with van der Waals surface area (Å²) in [6.07, 6.45) is 6.70. The summed E-state index contributed by atoms with van der Waals surface area (Å²) in [5.41, 5.74) is 0.144. The Kier molecular flexibility index (Phi) is 3.44. The predicted molar refractivity (Wildman–Crippen MR) is 72.0 cm³/mol. The van der Waals surface area contributed by atoms with Gasteiger partial charge in [-0.25, -0.2) is 0 Å². The molecule has 0 bridgehead atoms. The normalized spacial score (nSPS) is 42.2. The van der Waals surface area contributed by atoms with E-state index in [2.05, 4.69) is 43.6 Å². The van der Waals surface area contributed by atoms with Crippen LogP contribution >= 0.6 is 15.9 Å². The molecule has 0 aromatic rings. The van der Waals surface area contributed by atoms with Crippen molar-refractivity contribution in [2.75, 3.05) is 0 Å². The van der Waals surface area contributed by atoms with E-state index in [1.54, 1.807) is 0 Å². The Morgan fingerprint density at radius 1 is 1.12 bits per heavy atom. The fourth-order valence-corrected chi connectivity index (χ4v) is 4.67. The molecule has 1 saturated carbocycles. The molecule has 0 N–H and O–H groups in total. The van der Waals surface area contributed by atoms with Gasteiger partial charge in [-0.1, -0.05) is 22.4 Å². The van der Waals surface area contributed by atoms with Gasteiger partial charge >= 0.3 is 0 Å². The molecule has 3 unspecified atom stereocenters. The quantitative estimate of drug-likeness (QED) is 0.644. The van der Waals surface area contributed by atoms with Crippen molar-refractivity contribution in [3.8, 4) is 0 Å². The zero-order valence-corrected chi connectivity index (χ0v) is 12.6. The molecule has 2 fully saturated rings. The van der Waals surface area contributed by atoms with Gasteiger partial charge in [0.15, 0.2) is 0 Å². The highest BCUT2D eigenvalue weighted by molar-refractivity contribution is 9.09. The molecule has 3 atom stereocenters. The number of rotatable bonds is 1. The van der Waals surface area contributed by atoms with Crippen molar-refractivity contribution in [2.45, 2.75) is 75.8 Å². The minimum atomic E-state index is 0.0677. The molecule has 1 aliphatic carbocycles. The molecule has 2 heteroatoms. The molecule has 0 radical (unpaired) electrons. The van der Waals surface area contributed by atoms with Crippen molar-refractivity contribution in [3.63, 3.8) is 0 Å². The van der Waals surface area contributed by atoms with Gasteiger partial charge in [-0.15, -0.1) is 0 Å². The summed E-state index contributed by atoms with van der Waals surface area (Å²) in [4.78, 5) is 0.741. The van der Waals surface area contributed by atoms with Crippen LogP contribution in [0, 0.1) is 11.8 Å². The molecule has 16 heavy (non-hydrogen) atoms. The van der Waals surface area contributed by atoms with Gasteiger partial charge in [-0.05, 0) is 65.2 Å². The monoisotopic (exact) mass is 288 g/mol. The second kappa shape index (κ2) is 4.28. The summed E-state index contributed by atoms with van der Waals surface area (Å²) >= 11 is 3.80. The minimum absolute atomic E-state index is 0.0677. The van der Waals surface area contributed by atoms with E-state index in [9.17, 15) is 0 Å². The highest BCUT2D eigenvalue weighted by Crippen LogP contribution is 2.49. The first kappa shape index (κ1) is 12.9. The van der Waals surface area contributed by atoms with Crippen LogP contribution in [-0.4, -0.2) is 16.0 Å². The standard InChI is InChI=1S/C14H25BrO/c1-13(2)9-12(14(3,4)16-13)10-6-5-7-11(15)8-10/h10-12H,5-9H2,1-4H3. The summed E-state index contributed by atoms with van der Waals surface area (Å²) in [5.74, 6) is 1.60. The highest BCUT2D eigenvalue weighted by Gasteiger charge is 2.49. The lowest BCUT2D eigenvalue weighted by molar-refractivity contribution is -0.0813.